The first-order chi connectivity index (χ1) is 17.0. The van der Waals surface area contributed by atoms with Crippen molar-refractivity contribution in [3.8, 4) is 34.7 Å². The predicted octanol–water partition coefficient (Wildman–Crippen LogP) is 4.48. The van der Waals surface area contributed by atoms with E-state index in [0.717, 1.165) is 50.8 Å². The van der Waals surface area contributed by atoms with Crippen molar-refractivity contribution in [2.24, 2.45) is 0 Å². The SMILES string of the molecule is CC(C)Oc1ccc(-c2nc(-c3cccc4c3CCC43CCN(C4(CO)CC4)C3)no2)cc1C#N. The van der Waals surface area contributed by atoms with Gasteiger partial charge < -0.3 is 14.4 Å². The van der Waals surface area contributed by atoms with Gasteiger partial charge in [0.15, 0.2) is 0 Å². The van der Waals surface area contributed by atoms with E-state index in [4.69, 9.17) is 14.2 Å². The normalized spacial score (nSPS) is 22.5. The van der Waals surface area contributed by atoms with Crippen molar-refractivity contribution >= 4 is 0 Å². The molecule has 1 aromatic heterocycles. The summed E-state index contributed by atoms with van der Waals surface area (Å²) in [6.45, 7) is 6.19. The summed E-state index contributed by atoms with van der Waals surface area (Å²) >= 11 is 0. The summed E-state index contributed by atoms with van der Waals surface area (Å²) in [6.07, 6.45) is 5.44. The Hall–Kier alpha value is -3.21. The highest BCUT2D eigenvalue weighted by Gasteiger charge is 2.54. The zero-order valence-electron chi connectivity index (χ0n) is 20.3. The molecule has 35 heavy (non-hydrogen) atoms. The number of aliphatic hydroxyl groups is 1. The van der Waals surface area contributed by atoms with Gasteiger partial charge in [0, 0.05) is 28.6 Å². The number of ether oxygens (including phenoxy) is 1. The molecule has 2 aliphatic carbocycles. The van der Waals surface area contributed by atoms with Crippen LogP contribution in [0.15, 0.2) is 40.9 Å². The smallest absolute Gasteiger partial charge is 0.258 e. The van der Waals surface area contributed by atoms with E-state index in [1.54, 1.807) is 12.1 Å². The fraction of sp³-hybridized carbons (Fsp3) is 0.464. The third kappa shape index (κ3) is 3.64. The van der Waals surface area contributed by atoms with Gasteiger partial charge in [0.2, 0.25) is 5.82 Å². The van der Waals surface area contributed by atoms with E-state index in [1.165, 1.54) is 11.1 Å². The zero-order chi connectivity index (χ0) is 24.2. The molecular formula is C28H30N4O3. The number of benzene rings is 2. The second-order valence-electron chi connectivity index (χ2n) is 10.6. The van der Waals surface area contributed by atoms with E-state index in [-0.39, 0.29) is 23.7 Å². The van der Waals surface area contributed by atoms with Crippen LogP contribution >= 0.6 is 0 Å². The molecule has 3 aromatic rings. The van der Waals surface area contributed by atoms with Gasteiger partial charge >= 0.3 is 0 Å². The fourth-order valence-electron chi connectivity index (χ4n) is 6.04. The molecule has 0 amide bonds. The number of nitrogens with zero attached hydrogens (tertiary/aromatic N) is 4. The van der Waals surface area contributed by atoms with Gasteiger partial charge in [0.25, 0.3) is 5.89 Å². The lowest BCUT2D eigenvalue weighted by Crippen LogP contribution is -2.40. The molecule has 6 rings (SSSR count). The maximum Gasteiger partial charge on any atom is 0.258 e. The Bertz CT molecular complexity index is 1320. The summed E-state index contributed by atoms with van der Waals surface area (Å²) in [5.74, 6) is 1.53. The average Bonchev–Trinajstić information content (AvgIpc) is 3.20. The van der Waals surface area contributed by atoms with Crippen LogP contribution in [0.3, 0.4) is 0 Å². The Labute approximate surface area is 205 Å². The van der Waals surface area contributed by atoms with E-state index in [0.29, 0.717) is 28.6 Å². The Morgan fingerprint density at radius 3 is 2.80 bits per heavy atom. The van der Waals surface area contributed by atoms with Crippen molar-refractivity contribution in [1.82, 2.24) is 15.0 Å². The Morgan fingerprint density at radius 2 is 2.06 bits per heavy atom. The minimum Gasteiger partial charge on any atom is -0.490 e. The van der Waals surface area contributed by atoms with Crippen LogP contribution < -0.4 is 4.74 Å². The molecule has 7 heteroatoms. The van der Waals surface area contributed by atoms with E-state index in [2.05, 4.69) is 34.3 Å². The second kappa shape index (κ2) is 8.18. The van der Waals surface area contributed by atoms with Gasteiger partial charge in [-0.15, -0.1) is 0 Å². The van der Waals surface area contributed by atoms with Gasteiger partial charge in [0.05, 0.1) is 18.3 Å². The summed E-state index contributed by atoms with van der Waals surface area (Å²) < 4.78 is 11.4. The predicted molar refractivity (Wildman–Crippen MR) is 131 cm³/mol. The van der Waals surface area contributed by atoms with Crippen LogP contribution in [0.25, 0.3) is 22.8 Å². The highest BCUT2D eigenvalue weighted by molar-refractivity contribution is 5.68. The van der Waals surface area contributed by atoms with Crippen LogP contribution in [0, 0.1) is 11.3 Å². The number of fused-ring (bicyclic) bond motifs is 2. The molecule has 180 valence electrons. The first kappa shape index (κ1) is 22.3. The molecule has 1 saturated carbocycles. The van der Waals surface area contributed by atoms with Crippen LogP contribution in [-0.4, -0.2) is 51.5 Å². The molecule has 7 nitrogen and oxygen atoms in total. The summed E-state index contributed by atoms with van der Waals surface area (Å²) in [4.78, 5) is 7.24. The van der Waals surface area contributed by atoms with E-state index in [1.807, 2.05) is 19.9 Å². The van der Waals surface area contributed by atoms with Crippen LogP contribution in [0.5, 0.6) is 5.75 Å². The van der Waals surface area contributed by atoms with Gasteiger partial charge in [0.1, 0.15) is 11.8 Å². The average molecular weight is 471 g/mol. The minimum absolute atomic E-state index is 0.0168. The highest BCUT2D eigenvalue weighted by atomic mass is 16.5. The largest absolute Gasteiger partial charge is 0.490 e. The van der Waals surface area contributed by atoms with Crippen molar-refractivity contribution in [2.45, 2.75) is 63.0 Å². The molecule has 3 aliphatic rings. The second-order valence-corrected chi connectivity index (χ2v) is 10.6. The standard InChI is InChI=1S/C28H30N4O3/c1-18(2)34-24-7-6-19(14-20(24)15-29)26-30-25(31-35-26)22-4-3-5-23-21(22)8-9-27(23)12-13-32(16-27)28(17-33)10-11-28/h3-7,14,18,33H,8-13,16-17H2,1-2H3. The Morgan fingerprint density at radius 1 is 1.20 bits per heavy atom. The van der Waals surface area contributed by atoms with Crippen LogP contribution in [0.1, 0.15) is 56.2 Å². The third-order valence-electron chi connectivity index (χ3n) is 8.12. The van der Waals surface area contributed by atoms with Gasteiger partial charge in [-0.05, 0) is 81.8 Å². The molecule has 1 unspecified atom stereocenters. The number of hydrogen-bond donors (Lipinski definition) is 1. The number of aliphatic hydroxyl groups excluding tert-OH is 1. The molecule has 2 fully saturated rings. The van der Waals surface area contributed by atoms with Crippen molar-refractivity contribution in [1.29, 1.82) is 5.26 Å². The topological polar surface area (TPSA) is 95.4 Å². The lowest BCUT2D eigenvalue weighted by molar-refractivity contribution is 0.122. The van der Waals surface area contributed by atoms with Gasteiger partial charge in [-0.2, -0.15) is 10.2 Å². The third-order valence-corrected chi connectivity index (χ3v) is 8.12. The number of rotatable bonds is 6. The van der Waals surface area contributed by atoms with Gasteiger partial charge in [-0.1, -0.05) is 23.4 Å². The van der Waals surface area contributed by atoms with Crippen molar-refractivity contribution in [3.05, 3.63) is 53.1 Å². The first-order valence-electron chi connectivity index (χ1n) is 12.5. The molecule has 0 bridgehead atoms. The number of hydrogen-bond acceptors (Lipinski definition) is 7. The maximum absolute atomic E-state index is 9.93. The molecule has 2 heterocycles. The summed E-state index contributed by atoms with van der Waals surface area (Å²) in [6, 6.07) is 14.0. The monoisotopic (exact) mass is 470 g/mol. The highest BCUT2D eigenvalue weighted by Crippen LogP contribution is 2.52. The summed E-state index contributed by atoms with van der Waals surface area (Å²) in [7, 11) is 0. The van der Waals surface area contributed by atoms with E-state index in [9.17, 15) is 10.4 Å². The van der Waals surface area contributed by atoms with E-state index < -0.39 is 0 Å². The van der Waals surface area contributed by atoms with Crippen LogP contribution in [-0.2, 0) is 11.8 Å². The lowest BCUT2D eigenvalue weighted by Gasteiger charge is -2.30. The minimum atomic E-state index is -0.0168. The molecule has 1 aliphatic heterocycles. The molecule has 1 spiro atoms. The Balaban J connectivity index is 1.30. The van der Waals surface area contributed by atoms with Crippen LogP contribution in [0.4, 0.5) is 0 Å². The molecule has 1 N–H and O–H groups in total. The number of aromatic nitrogens is 2. The lowest BCUT2D eigenvalue weighted by atomic mass is 9.80. The summed E-state index contributed by atoms with van der Waals surface area (Å²) in [5, 5.41) is 23.8. The Kier molecular flexibility index (Phi) is 5.21. The fourth-order valence-corrected chi connectivity index (χ4v) is 6.04. The molecule has 1 saturated heterocycles. The molecule has 1 atom stereocenters. The van der Waals surface area contributed by atoms with E-state index >= 15 is 0 Å². The number of nitriles is 1. The van der Waals surface area contributed by atoms with Crippen molar-refractivity contribution in [2.75, 3.05) is 19.7 Å². The maximum atomic E-state index is 9.93. The zero-order valence-corrected chi connectivity index (χ0v) is 20.3. The molecule has 2 aromatic carbocycles. The van der Waals surface area contributed by atoms with Crippen molar-refractivity contribution in [3.63, 3.8) is 0 Å². The van der Waals surface area contributed by atoms with Gasteiger partial charge in [-0.25, -0.2) is 0 Å². The quantitative estimate of drug-likeness (QED) is 0.568. The molecule has 0 radical (unpaired) electrons. The first-order valence-corrected chi connectivity index (χ1v) is 12.5. The number of likely N-dealkylation sites (tertiary alicyclic amines) is 1. The van der Waals surface area contributed by atoms with Crippen molar-refractivity contribution < 1.29 is 14.4 Å². The molecular weight excluding hydrogens is 440 g/mol. The van der Waals surface area contributed by atoms with Gasteiger partial charge in [-0.3, -0.25) is 4.90 Å². The summed E-state index contributed by atoms with van der Waals surface area (Å²) in [5.41, 5.74) is 5.07. The van der Waals surface area contributed by atoms with Crippen LogP contribution in [0.2, 0.25) is 0 Å².